The second-order valence-electron chi connectivity index (χ2n) is 5.42. The van der Waals surface area contributed by atoms with E-state index in [2.05, 4.69) is 35.9 Å². The van der Waals surface area contributed by atoms with Crippen molar-refractivity contribution in [3.05, 3.63) is 30.1 Å². The molecule has 1 fully saturated rings. The van der Waals surface area contributed by atoms with Crippen molar-refractivity contribution in [2.45, 2.75) is 38.8 Å². The van der Waals surface area contributed by atoms with Gasteiger partial charge in [0, 0.05) is 31.0 Å². The maximum atomic E-state index is 6.32. The summed E-state index contributed by atoms with van der Waals surface area (Å²) in [6, 6.07) is 4.82. The van der Waals surface area contributed by atoms with Crippen molar-refractivity contribution in [3.8, 4) is 0 Å². The predicted molar refractivity (Wildman–Crippen MR) is 70.6 cm³/mol. The fourth-order valence-corrected chi connectivity index (χ4v) is 2.79. The highest BCUT2D eigenvalue weighted by molar-refractivity contribution is 5.18. The van der Waals surface area contributed by atoms with Gasteiger partial charge in [0.2, 0.25) is 0 Å². The smallest absolute Gasteiger partial charge is 0.0500 e. The quantitative estimate of drug-likeness (QED) is 0.870. The zero-order valence-corrected chi connectivity index (χ0v) is 10.8. The third kappa shape index (κ3) is 3.05. The Balaban J connectivity index is 2.19. The molecule has 0 bridgehead atoms. The van der Waals surface area contributed by atoms with Crippen LogP contribution in [0.15, 0.2) is 24.5 Å². The van der Waals surface area contributed by atoms with Crippen LogP contribution in [0.25, 0.3) is 0 Å². The molecule has 2 heterocycles. The highest BCUT2D eigenvalue weighted by Gasteiger charge is 2.30. The summed E-state index contributed by atoms with van der Waals surface area (Å²) in [5.74, 6) is 0.685. The third-order valence-electron chi connectivity index (χ3n) is 3.43. The molecule has 17 heavy (non-hydrogen) atoms. The van der Waals surface area contributed by atoms with Gasteiger partial charge in [-0.15, -0.1) is 0 Å². The van der Waals surface area contributed by atoms with Crippen LogP contribution in [0.5, 0.6) is 0 Å². The highest BCUT2D eigenvalue weighted by atomic mass is 15.2. The van der Waals surface area contributed by atoms with Crippen LogP contribution in [0.4, 0.5) is 0 Å². The number of aromatic nitrogens is 1. The molecule has 2 rings (SSSR count). The summed E-state index contributed by atoms with van der Waals surface area (Å²) in [5.41, 5.74) is 7.63. The maximum Gasteiger partial charge on any atom is 0.0500 e. The van der Waals surface area contributed by atoms with Crippen LogP contribution in [0.1, 0.15) is 38.3 Å². The molecule has 2 unspecified atom stereocenters. The first-order valence-electron chi connectivity index (χ1n) is 6.58. The minimum atomic E-state index is 0.255. The summed E-state index contributed by atoms with van der Waals surface area (Å²) in [6.45, 7) is 6.83. The number of hydrogen-bond acceptors (Lipinski definition) is 3. The van der Waals surface area contributed by atoms with Crippen LogP contribution in [-0.4, -0.2) is 29.0 Å². The molecule has 94 valence electrons. The molecule has 2 N–H and O–H groups in total. The molecule has 2 atom stereocenters. The van der Waals surface area contributed by atoms with Crippen molar-refractivity contribution in [2.75, 3.05) is 13.1 Å². The lowest BCUT2D eigenvalue weighted by Gasteiger charge is -2.41. The number of piperidine rings is 1. The molecule has 0 spiro atoms. The summed E-state index contributed by atoms with van der Waals surface area (Å²) in [4.78, 5) is 6.63. The Morgan fingerprint density at radius 3 is 2.76 bits per heavy atom. The van der Waals surface area contributed by atoms with E-state index in [1.54, 1.807) is 0 Å². The fourth-order valence-electron chi connectivity index (χ4n) is 2.79. The van der Waals surface area contributed by atoms with Gasteiger partial charge in [-0.25, -0.2) is 0 Å². The van der Waals surface area contributed by atoms with E-state index in [9.17, 15) is 0 Å². The van der Waals surface area contributed by atoms with Crippen molar-refractivity contribution >= 4 is 0 Å². The molecule has 0 radical (unpaired) electrons. The van der Waals surface area contributed by atoms with Crippen molar-refractivity contribution in [2.24, 2.45) is 11.7 Å². The minimum Gasteiger partial charge on any atom is -0.326 e. The molecule has 0 aromatic carbocycles. The Bertz CT molecular complexity index is 337. The minimum absolute atomic E-state index is 0.255. The van der Waals surface area contributed by atoms with Gasteiger partial charge in [0.1, 0.15) is 0 Å². The Morgan fingerprint density at radius 2 is 2.12 bits per heavy atom. The van der Waals surface area contributed by atoms with Crippen molar-refractivity contribution < 1.29 is 0 Å². The number of rotatable bonds is 3. The molecule has 0 saturated carbocycles. The van der Waals surface area contributed by atoms with Crippen LogP contribution in [0, 0.1) is 5.92 Å². The van der Waals surface area contributed by atoms with E-state index in [1.165, 1.54) is 18.5 Å². The van der Waals surface area contributed by atoms with Crippen LogP contribution >= 0.6 is 0 Å². The van der Waals surface area contributed by atoms with Gasteiger partial charge in [-0.1, -0.05) is 13.8 Å². The number of nitrogens with two attached hydrogens (primary N) is 1. The fraction of sp³-hybridized carbons (Fsp3) is 0.643. The number of hydrogen-bond donors (Lipinski definition) is 1. The van der Waals surface area contributed by atoms with Crippen molar-refractivity contribution in [1.29, 1.82) is 0 Å². The summed E-state index contributed by atoms with van der Waals surface area (Å²) < 4.78 is 0. The second-order valence-corrected chi connectivity index (χ2v) is 5.42. The van der Waals surface area contributed by atoms with Gasteiger partial charge in [0.25, 0.3) is 0 Å². The van der Waals surface area contributed by atoms with E-state index in [-0.39, 0.29) is 6.04 Å². The molecule has 0 aliphatic carbocycles. The van der Waals surface area contributed by atoms with E-state index >= 15 is 0 Å². The first-order chi connectivity index (χ1) is 8.18. The lowest BCUT2D eigenvalue weighted by Crippen LogP contribution is -2.47. The van der Waals surface area contributed by atoms with Gasteiger partial charge >= 0.3 is 0 Å². The predicted octanol–water partition coefficient (Wildman–Crippen LogP) is 2.20. The highest BCUT2D eigenvalue weighted by Crippen LogP contribution is 2.30. The zero-order valence-electron chi connectivity index (χ0n) is 10.8. The third-order valence-corrected chi connectivity index (χ3v) is 3.43. The number of nitrogens with zero attached hydrogens (tertiary/aromatic N) is 2. The Morgan fingerprint density at radius 1 is 1.41 bits per heavy atom. The van der Waals surface area contributed by atoms with Crippen molar-refractivity contribution in [1.82, 2.24) is 9.88 Å². The van der Waals surface area contributed by atoms with Crippen LogP contribution in [0.3, 0.4) is 0 Å². The average Bonchev–Trinajstić information content (AvgIpc) is 2.29. The lowest BCUT2D eigenvalue weighted by atomic mass is 9.91. The van der Waals surface area contributed by atoms with E-state index in [0.717, 1.165) is 13.0 Å². The molecule has 0 amide bonds. The van der Waals surface area contributed by atoms with Crippen LogP contribution in [0.2, 0.25) is 0 Å². The molecular formula is C14H23N3. The summed E-state index contributed by atoms with van der Waals surface area (Å²) in [5, 5.41) is 0. The zero-order chi connectivity index (χ0) is 12.3. The Kier molecular flexibility index (Phi) is 4.13. The number of likely N-dealkylation sites (tertiary alicyclic amines) is 1. The van der Waals surface area contributed by atoms with Crippen molar-refractivity contribution in [3.63, 3.8) is 0 Å². The molecule has 1 saturated heterocycles. The standard InChI is InChI=1S/C14H23N3/c1-11(2)10-17-9-3-4-13(15)14(17)12-5-7-16-8-6-12/h5-8,11,13-14H,3-4,9-10,15H2,1-2H3. The largest absolute Gasteiger partial charge is 0.326 e. The first kappa shape index (κ1) is 12.5. The molecule has 3 nitrogen and oxygen atoms in total. The molecule has 1 aromatic heterocycles. The SMILES string of the molecule is CC(C)CN1CCCC(N)C1c1ccncc1. The number of pyridine rings is 1. The molecule has 1 aliphatic rings. The van der Waals surface area contributed by atoms with Crippen LogP contribution < -0.4 is 5.73 Å². The Labute approximate surface area is 104 Å². The van der Waals surface area contributed by atoms with Gasteiger partial charge in [0.15, 0.2) is 0 Å². The first-order valence-corrected chi connectivity index (χ1v) is 6.58. The van der Waals surface area contributed by atoms with E-state index in [0.29, 0.717) is 12.0 Å². The normalized spacial score (nSPS) is 26.4. The molecule has 1 aliphatic heterocycles. The lowest BCUT2D eigenvalue weighted by molar-refractivity contribution is 0.114. The Hall–Kier alpha value is -0.930. The van der Waals surface area contributed by atoms with E-state index in [4.69, 9.17) is 5.73 Å². The van der Waals surface area contributed by atoms with Gasteiger partial charge in [-0.2, -0.15) is 0 Å². The summed E-state index contributed by atoms with van der Waals surface area (Å²) in [6.07, 6.45) is 6.07. The van der Waals surface area contributed by atoms with E-state index in [1.807, 2.05) is 12.4 Å². The monoisotopic (exact) mass is 233 g/mol. The summed E-state index contributed by atoms with van der Waals surface area (Å²) in [7, 11) is 0. The van der Waals surface area contributed by atoms with Gasteiger partial charge < -0.3 is 5.73 Å². The van der Waals surface area contributed by atoms with E-state index < -0.39 is 0 Å². The molecule has 3 heteroatoms. The maximum absolute atomic E-state index is 6.32. The summed E-state index contributed by atoms with van der Waals surface area (Å²) >= 11 is 0. The topological polar surface area (TPSA) is 42.1 Å². The van der Waals surface area contributed by atoms with Gasteiger partial charge in [-0.05, 0) is 43.0 Å². The van der Waals surface area contributed by atoms with Gasteiger partial charge in [0.05, 0.1) is 0 Å². The van der Waals surface area contributed by atoms with Gasteiger partial charge in [-0.3, -0.25) is 9.88 Å². The molecule has 1 aromatic rings. The average molecular weight is 233 g/mol. The molecular weight excluding hydrogens is 210 g/mol. The second kappa shape index (κ2) is 5.61. The van der Waals surface area contributed by atoms with Crippen LogP contribution in [-0.2, 0) is 0 Å².